The SMILES string of the molecule is CC1=CC(=Nc2ccccc2)CC(=O)N1C. The summed E-state index contributed by atoms with van der Waals surface area (Å²) in [4.78, 5) is 17.7. The Hall–Kier alpha value is -1.90. The van der Waals surface area contributed by atoms with Crippen molar-refractivity contribution >= 4 is 17.3 Å². The Bertz CT molecular complexity index is 460. The third kappa shape index (κ3) is 2.19. The van der Waals surface area contributed by atoms with Crippen LogP contribution in [0.2, 0.25) is 0 Å². The van der Waals surface area contributed by atoms with Crippen LogP contribution in [0.15, 0.2) is 47.1 Å². The van der Waals surface area contributed by atoms with E-state index in [-0.39, 0.29) is 5.91 Å². The van der Waals surface area contributed by atoms with Gasteiger partial charge in [-0.1, -0.05) is 18.2 Å². The maximum Gasteiger partial charge on any atom is 0.232 e. The Balaban J connectivity index is 2.30. The van der Waals surface area contributed by atoms with E-state index in [0.29, 0.717) is 6.42 Å². The molecule has 3 heteroatoms. The fourth-order valence-electron chi connectivity index (χ4n) is 1.60. The molecule has 0 atom stereocenters. The Kier molecular flexibility index (Phi) is 2.86. The van der Waals surface area contributed by atoms with Crippen molar-refractivity contribution in [3.05, 3.63) is 42.1 Å². The molecule has 3 nitrogen and oxygen atoms in total. The molecule has 0 saturated heterocycles. The summed E-state index contributed by atoms with van der Waals surface area (Å²) in [6.45, 7) is 1.91. The first kappa shape index (κ1) is 10.6. The smallest absolute Gasteiger partial charge is 0.232 e. The van der Waals surface area contributed by atoms with Gasteiger partial charge in [-0.2, -0.15) is 0 Å². The van der Waals surface area contributed by atoms with E-state index in [9.17, 15) is 4.79 Å². The molecule has 1 amide bonds. The lowest BCUT2D eigenvalue weighted by Gasteiger charge is -2.22. The van der Waals surface area contributed by atoms with Crippen LogP contribution < -0.4 is 0 Å². The van der Waals surface area contributed by atoms with Crippen molar-refractivity contribution in [2.24, 2.45) is 4.99 Å². The van der Waals surface area contributed by atoms with E-state index < -0.39 is 0 Å². The average molecular weight is 214 g/mol. The minimum absolute atomic E-state index is 0.0923. The van der Waals surface area contributed by atoms with Crippen LogP contribution in [0.5, 0.6) is 0 Å². The second-order valence-corrected chi connectivity index (χ2v) is 3.85. The number of carbonyl (C=O) groups excluding carboxylic acids is 1. The number of benzene rings is 1. The predicted molar refractivity (Wildman–Crippen MR) is 64.7 cm³/mol. The molecule has 16 heavy (non-hydrogen) atoms. The number of rotatable bonds is 1. The minimum Gasteiger partial charge on any atom is -0.319 e. The summed E-state index contributed by atoms with van der Waals surface area (Å²) in [6, 6.07) is 9.68. The van der Waals surface area contributed by atoms with Gasteiger partial charge in [-0.05, 0) is 25.1 Å². The van der Waals surface area contributed by atoms with Gasteiger partial charge in [-0.15, -0.1) is 0 Å². The third-order valence-corrected chi connectivity index (χ3v) is 2.64. The molecule has 0 bridgehead atoms. The highest BCUT2D eigenvalue weighted by Crippen LogP contribution is 2.16. The molecule has 82 valence electrons. The van der Waals surface area contributed by atoms with Crippen molar-refractivity contribution in [1.82, 2.24) is 4.90 Å². The van der Waals surface area contributed by atoms with E-state index in [0.717, 1.165) is 17.1 Å². The second kappa shape index (κ2) is 4.31. The summed E-state index contributed by atoms with van der Waals surface area (Å²) in [6.07, 6.45) is 2.33. The number of aliphatic imine (C=N–C) groups is 1. The lowest BCUT2D eigenvalue weighted by atomic mass is 10.1. The van der Waals surface area contributed by atoms with Crippen LogP contribution in [0.25, 0.3) is 0 Å². The Morgan fingerprint density at radius 1 is 1.25 bits per heavy atom. The molecule has 1 heterocycles. The van der Waals surface area contributed by atoms with Gasteiger partial charge in [0.05, 0.1) is 17.8 Å². The lowest BCUT2D eigenvalue weighted by molar-refractivity contribution is -0.127. The predicted octanol–water partition coefficient (Wildman–Crippen LogP) is 2.53. The summed E-state index contributed by atoms with van der Waals surface area (Å²) in [5.74, 6) is 0.0923. The number of nitrogens with zero attached hydrogens (tertiary/aromatic N) is 2. The number of allylic oxidation sites excluding steroid dienone is 2. The van der Waals surface area contributed by atoms with E-state index in [2.05, 4.69) is 4.99 Å². The van der Waals surface area contributed by atoms with Gasteiger partial charge in [0.1, 0.15) is 0 Å². The van der Waals surface area contributed by atoms with E-state index in [1.165, 1.54) is 0 Å². The normalized spacial score (nSPS) is 18.9. The van der Waals surface area contributed by atoms with Crippen LogP contribution in [0.3, 0.4) is 0 Å². The first-order valence-corrected chi connectivity index (χ1v) is 5.24. The molecule has 1 aliphatic rings. The molecule has 0 aliphatic carbocycles. The maximum absolute atomic E-state index is 11.6. The quantitative estimate of drug-likeness (QED) is 0.707. The zero-order chi connectivity index (χ0) is 11.5. The van der Waals surface area contributed by atoms with Gasteiger partial charge in [-0.25, -0.2) is 0 Å². The zero-order valence-corrected chi connectivity index (χ0v) is 9.47. The molecular formula is C13H14N2O. The summed E-state index contributed by atoms with van der Waals surface area (Å²) >= 11 is 0. The topological polar surface area (TPSA) is 32.7 Å². The van der Waals surface area contributed by atoms with Crippen molar-refractivity contribution < 1.29 is 4.79 Å². The van der Waals surface area contributed by atoms with Crippen molar-refractivity contribution in [2.75, 3.05) is 7.05 Å². The van der Waals surface area contributed by atoms with Crippen LogP contribution in [-0.2, 0) is 4.79 Å². The van der Waals surface area contributed by atoms with Crippen LogP contribution >= 0.6 is 0 Å². The van der Waals surface area contributed by atoms with E-state index in [1.54, 1.807) is 11.9 Å². The third-order valence-electron chi connectivity index (χ3n) is 2.64. The molecule has 1 aromatic carbocycles. The molecule has 1 aliphatic heterocycles. The van der Waals surface area contributed by atoms with Gasteiger partial charge >= 0.3 is 0 Å². The molecule has 2 rings (SSSR count). The highest BCUT2D eigenvalue weighted by atomic mass is 16.2. The number of hydrogen-bond acceptors (Lipinski definition) is 2. The highest BCUT2D eigenvalue weighted by Gasteiger charge is 2.18. The standard InChI is InChI=1S/C13H14N2O/c1-10-8-12(9-13(16)15(10)2)14-11-6-4-3-5-7-11/h3-8H,9H2,1-2H3. The molecule has 0 spiro atoms. The number of carbonyl (C=O) groups is 1. The fraction of sp³-hybridized carbons (Fsp3) is 0.231. The molecular weight excluding hydrogens is 200 g/mol. The molecule has 0 aromatic heterocycles. The lowest BCUT2D eigenvalue weighted by Crippen LogP contribution is -2.31. The maximum atomic E-state index is 11.6. The molecule has 1 aromatic rings. The van der Waals surface area contributed by atoms with Gasteiger partial charge in [0, 0.05) is 12.7 Å². The van der Waals surface area contributed by atoms with Gasteiger partial charge in [0.15, 0.2) is 0 Å². The Morgan fingerprint density at radius 3 is 2.56 bits per heavy atom. The monoisotopic (exact) mass is 214 g/mol. The molecule has 0 N–H and O–H groups in total. The number of para-hydroxylation sites is 1. The fourth-order valence-corrected chi connectivity index (χ4v) is 1.60. The molecule has 0 unspecified atom stereocenters. The van der Waals surface area contributed by atoms with Crippen molar-refractivity contribution in [2.45, 2.75) is 13.3 Å². The Labute approximate surface area is 95.1 Å². The molecule has 0 saturated carbocycles. The van der Waals surface area contributed by atoms with Gasteiger partial charge < -0.3 is 4.90 Å². The zero-order valence-electron chi connectivity index (χ0n) is 9.47. The number of hydrogen-bond donors (Lipinski definition) is 0. The summed E-state index contributed by atoms with van der Waals surface area (Å²) < 4.78 is 0. The van der Waals surface area contributed by atoms with Crippen molar-refractivity contribution in [1.29, 1.82) is 0 Å². The van der Waals surface area contributed by atoms with Crippen molar-refractivity contribution in [3.63, 3.8) is 0 Å². The summed E-state index contributed by atoms with van der Waals surface area (Å²) in [5, 5.41) is 0. The first-order chi connectivity index (χ1) is 7.66. The van der Waals surface area contributed by atoms with Crippen LogP contribution in [0.4, 0.5) is 5.69 Å². The van der Waals surface area contributed by atoms with Crippen LogP contribution in [-0.4, -0.2) is 23.6 Å². The molecule has 0 radical (unpaired) electrons. The van der Waals surface area contributed by atoms with Gasteiger partial charge in [0.2, 0.25) is 5.91 Å². The molecule has 0 fully saturated rings. The van der Waals surface area contributed by atoms with E-state index in [1.807, 2.05) is 43.3 Å². The van der Waals surface area contributed by atoms with Gasteiger partial charge in [-0.3, -0.25) is 9.79 Å². The summed E-state index contributed by atoms with van der Waals surface area (Å²) in [7, 11) is 1.79. The van der Waals surface area contributed by atoms with Crippen LogP contribution in [0, 0.1) is 0 Å². The van der Waals surface area contributed by atoms with E-state index >= 15 is 0 Å². The average Bonchev–Trinajstić information content (AvgIpc) is 2.27. The van der Waals surface area contributed by atoms with E-state index in [4.69, 9.17) is 0 Å². The highest BCUT2D eigenvalue weighted by molar-refractivity contribution is 6.10. The Morgan fingerprint density at radius 2 is 1.94 bits per heavy atom. The summed E-state index contributed by atoms with van der Waals surface area (Å²) in [5.41, 5.74) is 2.65. The van der Waals surface area contributed by atoms with Crippen molar-refractivity contribution in [3.8, 4) is 0 Å². The first-order valence-electron chi connectivity index (χ1n) is 5.24. The largest absolute Gasteiger partial charge is 0.319 e. The van der Waals surface area contributed by atoms with Gasteiger partial charge in [0.25, 0.3) is 0 Å². The van der Waals surface area contributed by atoms with Crippen LogP contribution in [0.1, 0.15) is 13.3 Å². The number of amides is 1. The minimum atomic E-state index is 0.0923. The second-order valence-electron chi connectivity index (χ2n) is 3.85.